The van der Waals surface area contributed by atoms with E-state index in [-0.39, 0.29) is 5.91 Å². The first-order chi connectivity index (χ1) is 13.1. The molecule has 1 aliphatic heterocycles. The topological polar surface area (TPSA) is 86.4 Å². The highest BCUT2D eigenvalue weighted by Crippen LogP contribution is 2.19. The van der Waals surface area contributed by atoms with Gasteiger partial charge in [0.1, 0.15) is 11.9 Å². The monoisotopic (exact) mass is 367 g/mol. The van der Waals surface area contributed by atoms with E-state index in [1.54, 1.807) is 25.3 Å². The zero-order valence-corrected chi connectivity index (χ0v) is 15.4. The van der Waals surface area contributed by atoms with E-state index in [4.69, 9.17) is 0 Å². The van der Waals surface area contributed by atoms with E-state index in [2.05, 4.69) is 25.8 Å². The number of nitrogens with one attached hydrogen (secondary N) is 3. The predicted octanol–water partition coefficient (Wildman–Crippen LogP) is 3.22. The van der Waals surface area contributed by atoms with E-state index in [0.29, 0.717) is 11.4 Å². The van der Waals surface area contributed by atoms with Crippen molar-refractivity contribution in [3.8, 4) is 0 Å². The molecule has 1 aromatic heterocycles. The third-order valence-electron chi connectivity index (χ3n) is 4.47. The largest absolute Gasteiger partial charge is 0.357 e. The molecule has 2 heterocycles. The van der Waals surface area contributed by atoms with Crippen molar-refractivity contribution >= 4 is 29.1 Å². The average molecular weight is 367 g/mol. The molecule has 1 saturated heterocycles. The number of pyridine rings is 1. The summed E-state index contributed by atoms with van der Waals surface area (Å²) in [5.74, 6) is 0.631. The molecule has 7 heteroatoms. The van der Waals surface area contributed by atoms with Gasteiger partial charge in [-0.3, -0.25) is 4.79 Å². The maximum absolute atomic E-state index is 12.3. The van der Waals surface area contributed by atoms with E-state index in [9.17, 15) is 9.59 Å². The van der Waals surface area contributed by atoms with Crippen molar-refractivity contribution in [2.45, 2.75) is 32.2 Å². The SMILES string of the molecule is C[C@@H](NC(=O)Nc1ccccc1)C(=O)Nc1ccc(N2CCCCC2)nc1. The number of hydrogen-bond acceptors (Lipinski definition) is 4. The fraction of sp³-hybridized carbons (Fsp3) is 0.350. The Morgan fingerprint density at radius 1 is 0.963 bits per heavy atom. The van der Waals surface area contributed by atoms with Crippen LogP contribution in [-0.2, 0) is 4.79 Å². The van der Waals surface area contributed by atoms with Crippen molar-refractivity contribution in [2.24, 2.45) is 0 Å². The van der Waals surface area contributed by atoms with E-state index < -0.39 is 12.1 Å². The van der Waals surface area contributed by atoms with Crippen LogP contribution < -0.4 is 20.9 Å². The van der Waals surface area contributed by atoms with Gasteiger partial charge in [-0.15, -0.1) is 0 Å². The number of para-hydroxylation sites is 1. The summed E-state index contributed by atoms with van der Waals surface area (Å²) in [6.45, 7) is 3.68. The minimum absolute atomic E-state index is 0.300. The lowest BCUT2D eigenvalue weighted by Gasteiger charge is -2.27. The maximum atomic E-state index is 12.3. The Hall–Kier alpha value is -3.09. The van der Waals surface area contributed by atoms with Gasteiger partial charge in [0, 0.05) is 18.8 Å². The van der Waals surface area contributed by atoms with Crippen LogP contribution in [0.2, 0.25) is 0 Å². The van der Waals surface area contributed by atoms with Crippen LogP contribution in [0.15, 0.2) is 48.7 Å². The average Bonchev–Trinajstić information content (AvgIpc) is 2.70. The van der Waals surface area contributed by atoms with Crippen LogP contribution in [0.4, 0.5) is 22.0 Å². The van der Waals surface area contributed by atoms with E-state index >= 15 is 0 Å². The highest BCUT2D eigenvalue weighted by atomic mass is 16.2. The molecule has 3 rings (SSSR count). The molecule has 0 radical (unpaired) electrons. The van der Waals surface area contributed by atoms with Gasteiger partial charge in [-0.05, 0) is 50.5 Å². The second kappa shape index (κ2) is 9.02. The van der Waals surface area contributed by atoms with Crippen LogP contribution in [-0.4, -0.2) is 36.1 Å². The minimum atomic E-state index is -0.685. The number of benzene rings is 1. The summed E-state index contributed by atoms with van der Waals surface area (Å²) >= 11 is 0. The predicted molar refractivity (Wildman–Crippen MR) is 107 cm³/mol. The lowest BCUT2D eigenvalue weighted by molar-refractivity contribution is -0.117. The molecule has 3 N–H and O–H groups in total. The molecule has 1 fully saturated rings. The molecule has 0 spiro atoms. The minimum Gasteiger partial charge on any atom is -0.357 e. The first-order valence-electron chi connectivity index (χ1n) is 9.26. The number of aromatic nitrogens is 1. The van der Waals surface area contributed by atoms with Crippen LogP contribution in [0.3, 0.4) is 0 Å². The summed E-state index contributed by atoms with van der Waals surface area (Å²) < 4.78 is 0. The van der Waals surface area contributed by atoms with Crippen molar-refractivity contribution in [3.63, 3.8) is 0 Å². The summed E-state index contributed by atoms with van der Waals surface area (Å²) in [7, 11) is 0. The standard InChI is InChI=1S/C20H25N5O2/c1-15(22-20(27)24-16-8-4-2-5-9-16)19(26)23-17-10-11-18(21-14-17)25-12-6-3-7-13-25/h2,4-5,8-11,14-15H,3,6-7,12-13H2,1H3,(H,23,26)(H2,22,24,27)/t15-/m1/s1. The van der Waals surface area contributed by atoms with Gasteiger partial charge in [-0.25, -0.2) is 9.78 Å². The van der Waals surface area contributed by atoms with Gasteiger partial charge >= 0.3 is 6.03 Å². The van der Waals surface area contributed by atoms with Crippen LogP contribution >= 0.6 is 0 Å². The molecule has 1 atom stereocenters. The summed E-state index contributed by atoms with van der Waals surface area (Å²) in [6, 6.07) is 11.7. The number of hydrogen-bond donors (Lipinski definition) is 3. The van der Waals surface area contributed by atoms with Gasteiger partial charge in [-0.2, -0.15) is 0 Å². The van der Waals surface area contributed by atoms with Crippen molar-refractivity contribution in [1.29, 1.82) is 0 Å². The Kier molecular flexibility index (Phi) is 6.25. The van der Waals surface area contributed by atoms with Gasteiger partial charge in [0.15, 0.2) is 0 Å². The van der Waals surface area contributed by atoms with Crippen LogP contribution in [0.5, 0.6) is 0 Å². The van der Waals surface area contributed by atoms with Crippen molar-refractivity contribution in [2.75, 3.05) is 28.6 Å². The molecule has 0 aliphatic carbocycles. The number of carbonyl (C=O) groups excluding carboxylic acids is 2. The molecule has 0 bridgehead atoms. The Labute approximate surface area is 159 Å². The second-order valence-electron chi connectivity index (χ2n) is 6.63. The Morgan fingerprint density at radius 2 is 1.70 bits per heavy atom. The number of piperidine rings is 1. The highest BCUT2D eigenvalue weighted by Gasteiger charge is 2.16. The molecule has 3 amide bonds. The van der Waals surface area contributed by atoms with Crippen LogP contribution in [0.1, 0.15) is 26.2 Å². The molecular weight excluding hydrogens is 342 g/mol. The first-order valence-corrected chi connectivity index (χ1v) is 9.26. The molecule has 0 saturated carbocycles. The van der Waals surface area contributed by atoms with E-state index in [1.807, 2.05) is 30.3 Å². The number of carbonyl (C=O) groups is 2. The molecule has 27 heavy (non-hydrogen) atoms. The highest BCUT2D eigenvalue weighted by molar-refractivity contribution is 5.98. The van der Waals surface area contributed by atoms with Crippen LogP contribution in [0.25, 0.3) is 0 Å². The normalized spacial score (nSPS) is 14.9. The molecule has 1 aliphatic rings. The molecule has 7 nitrogen and oxygen atoms in total. The van der Waals surface area contributed by atoms with Crippen molar-refractivity contribution in [1.82, 2.24) is 10.3 Å². The lowest BCUT2D eigenvalue weighted by Crippen LogP contribution is -2.43. The molecular formula is C20H25N5O2. The zero-order chi connectivity index (χ0) is 19.1. The smallest absolute Gasteiger partial charge is 0.319 e. The van der Waals surface area contributed by atoms with Gasteiger partial charge in [0.25, 0.3) is 0 Å². The molecule has 0 unspecified atom stereocenters. The van der Waals surface area contributed by atoms with E-state index in [1.165, 1.54) is 19.3 Å². The van der Waals surface area contributed by atoms with Crippen molar-refractivity contribution in [3.05, 3.63) is 48.7 Å². The second-order valence-corrected chi connectivity index (χ2v) is 6.63. The third kappa shape index (κ3) is 5.44. The molecule has 1 aromatic carbocycles. The summed E-state index contributed by atoms with van der Waals surface area (Å²) in [5, 5.41) is 8.09. The molecule has 142 valence electrons. The number of nitrogens with zero attached hydrogens (tertiary/aromatic N) is 2. The fourth-order valence-corrected chi connectivity index (χ4v) is 2.97. The number of urea groups is 1. The van der Waals surface area contributed by atoms with Gasteiger partial charge in [0.2, 0.25) is 5.91 Å². The number of amides is 3. The number of rotatable bonds is 5. The fourth-order valence-electron chi connectivity index (χ4n) is 2.97. The van der Waals surface area contributed by atoms with Gasteiger partial charge in [0.05, 0.1) is 11.9 Å². The quantitative estimate of drug-likeness (QED) is 0.757. The lowest BCUT2D eigenvalue weighted by atomic mass is 10.1. The zero-order valence-electron chi connectivity index (χ0n) is 15.4. The van der Waals surface area contributed by atoms with Gasteiger partial charge in [-0.1, -0.05) is 18.2 Å². The third-order valence-corrected chi connectivity index (χ3v) is 4.47. The summed E-state index contributed by atoms with van der Waals surface area (Å²) in [4.78, 5) is 31.0. The van der Waals surface area contributed by atoms with Gasteiger partial charge < -0.3 is 20.9 Å². The van der Waals surface area contributed by atoms with Crippen molar-refractivity contribution < 1.29 is 9.59 Å². The first kappa shape index (κ1) is 18.7. The number of anilines is 3. The Balaban J connectivity index is 1.49. The summed E-state index contributed by atoms with van der Waals surface area (Å²) in [5.41, 5.74) is 1.28. The molecule has 2 aromatic rings. The van der Waals surface area contributed by atoms with Crippen LogP contribution in [0, 0.1) is 0 Å². The summed E-state index contributed by atoms with van der Waals surface area (Å²) in [6.07, 6.45) is 5.30. The Morgan fingerprint density at radius 3 is 2.37 bits per heavy atom. The maximum Gasteiger partial charge on any atom is 0.319 e. The van der Waals surface area contributed by atoms with E-state index in [0.717, 1.165) is 18.9 Å². The Bertz CT molecular complexity index is 758.